The Balaban J connectivity index is 2.22. The maximum absolute atomic E-state index is 12.4. The van der Waals surface area contributed by atoms with E-state index in [1.807, 2.05) is 32.6 Å². The van der Waals surface area contributed by atoms with Gasteiger partial charge in [0.25, 0.3) is 5.69 Å². The van der Waals surface area contributed by atoms with Gasteiger partial charge in [0.05, 0.1) is 4.92 Å². The minimum absolute atomic E-state index is 0.00157. The molecular formula is C15H21N3O3. The third kappa shape index (κ3) is 3.15. The Morgan fingerprint density at radius 2 is 2.05 bits per heavy atom. The number of nitrogens with zero attached hydrogens (tertiary/aromatic N) is 2. The summed E-state index contributed by atoms with van der Waals surface area (Å²) in [6, 6.07) is 4.48. The van der Waals surface area contributed by atoms with Crippen LogP contribution in [0, 0.1) is 17.0 Å². The number of anilines is 1. The first kappa shape index (κ1) is 15.3. The topological polar surface area (TPSA) is 75.5 Å². The maximum Gasteiger partial charge on any atom is 0.292 e. The fourth-order valence-electron chi connectivity index (χ4n) is 2.59. The van der Waals surface area contributed by atoms with E-state index in [9.17, 15) is 14.9 Å². The predicted octanol–water partition coefficient (Wildman–Crippen LogP) is 2.71. The number of carbonyl (C=O) groups excluding carboxylic acids is 1. The lowest BCUT2D eigenvalue weighted by Crippen LogP contribution is -2.45. The predicted molar refractivity (Wildman–Crippen MR) is 81.3 cm³/mol. The number of nitro groups is 1. The Bertz CT molecular complexity index is 578. The van der Waals surface area contributed by atoms with Gasteiger partial charge in [-0.3, -0.25) is 14.9 Å². The van der Waals surface area contributed by atoms with E-state index in [1.54, 1.807) is 12.1 Å². The summed E-state index contributed by atoms with van der Waals surface area (Å²) in [5.74, 6) is -0.00157. The molecule has 1 N–H and O–H groups in total. The van der Waals surface area contributed by atoms with Crippen LogP contribution in [0.25, 0.3) is 0 Å². The van der Waals surface area contributed by atoms with Gasteiger partial charge in [0.15, 0.2) is 0 Å². The summed E-state index contributed by atoms with van der Waals surface area (Å²) in [7, 11) is 0. The van der Waals surface area contributed by atoms with E-state index in [1.165, 1.54) is 6.07 Å². The number of rotatable bonds is 3. The Labute approximate surface area is 124 Å². The molecule has 21 heavy (non-hydrogen) atoms. The van der Waals surface area contributed by atoms with Gasteiger partial charge in [0, 0.05) is 18.2 Å². The van der Waals surface area contributed by atoms with E-state index in [0.717, 1.165) is 5.56 Å². The summed E-state index contributed by atoms with van der Waals surface area (Å²) in [5, 5.41) is 14.1. The molecule has 1 amide bonds. The number of likely N-dealkylation sites (tertiary alicyclic amines) is 1. The van der Waals surface area contributed by atoms with Crippen molar-refractivity contribution < 1.29 is 9.72 Å². The minimum Gasteiger partial charge on any atom is -0.368 e. The van der Waals surface area contributed by atoms with Crippen LogP contribution in [0.4, 0.5) is 11.4 Å². The van der Waals surface area contributed by atoms with E-state index in [-0.39, 0.29) is 17.1 Å². The van der Waals surface area contributed by atoms with Crippen LogP contribution in [0.1, 0.15) is 32.8 Å². The molecule has 1 aromatic carbocycles. The molecule has 0 aliphatic carbocycles. The third-order valence-corrected chi connectivity index (χ3v) is 3.69. The highest BCUT2D eigenvalue weighted by atomic mass is 16.6. The van der Waals surface area contributed by atoms with Gasteiger partial charge in [-0.25, -0.2) is 0 Å². The van der Waals surface area contributed by atoms with Crippen molar-refractivity contribution in [3.05, 3.63) is 33.9 Å². The molecule has 1 saturated heterocycles. The van der Waals surface area contributed by atoms with E-state index in [2.05, 4.69) is 5.32 Å². The van der Waals surface area contributed by atoms with Gasteiger partial charge in [0.2, 0.25) is 5.91 Å². The van der Waals surface area contributed by atoms with E-state index in [4.69, 9.17) is 0 Å². The second kappa shape index (κ2) is 5.35. The zero-order chi connectivity index (χ0) is 15.8. The first-order chi connectivity index (χ1) is 9.70. The highest BCUT2D eigenvalue weighted by Gasteiger charge is 2.38. The summed E-state index contributed by atoms with van der Waals surface area (Å²) >= 11 is 0. The van der Waals surface area contributed by atoms with Crippen molar-refractivity contribution in [1.82, 2.24) is 4.90 Å². The van der Waals surface area contributed by atoms with Crippen LogP contribution in [-0.2, 0) is 4.79 Å². The lowest BCUT2D eigenvalue weighted by atomic mass is 10.1. The quantitative estimate of drug-likeness (QED) is 0.686. The molecule has 6 heteroatoms. The van der Waals surface area contributed by atoms with Gasteiger partial charge in [-0.15, -0.1) is 0 Å². The molecule has 0 bridgehead atoms. The van der Waals surface area contributed by atoms with Crippen molar-refractivity contribution in [2.75, 3.05) is 11.9 Å². The van der Waals surface area contributed by atoms with Crippen molar-refractivity contribution in [1.29, 1.82) is 0 Å². The second-order valence-electron chi connectivity index (χ2n) is 6.42. The van der Waals surface area contributed by atoms with Gasteiger partial charge in [-0.05, 0) is 45.7 Å². The molecule has 0 saturated carbocycles. The van der Waals surface area contributed by atoms with Gasteiger partial charge in [-0.1, -0.05) is 6.07 Å². The molecule has 0 spiro atoms. The highest BCUT2D eigenvalue weighted by Crippen LogP contribution is 2.29. The number of hydrogen-bond donors (Lipinski definition) is 1. The Hall–Kier alpha value is -2.11. The number of amides is 1. The zero-order valence-electron chi connectivity index (χ0n) is 12.8. The summed E-state index contributed by atoms with van der Waals surface area (Å²) in [5.41, 5.74) is 1.10. The molecule has 1 aromatic rings. The van der Waals surface area contributed by atoms with Crippen LogP contribution < -0.4 is 5.32 Å². The summed E-state index contributed by atoms with van der Waals surface area (Å²) in [4.78, 5) is 24.9. The number of hydrogen-bond acceptors (Lipinski definition) is 4. The molecular weight excluding hydrogens is 270 g/mol. The standard InChI is InChI=1S/C15H21N3O3/c1-10-5-6-13(18(20)21)12(9-10)16-11-7-8-17(14(11)19)15(2,3)4/h5-6,9,11,16H,7-8H2,1-4H3. The van der Waals surface area contributed by atoms with Gasteiger partial charge >= 0.3 is 0 Å². The van der Waals surface area contributed by atoms with Crippen molar-refractivity contribution >= 4 is 17.3 Å². The molecule has 0 radical (unpaired) electrons. The van der Waals surface area contributed by atoms with Gasteiger partial charge in [-0.2, -0.15) is 0 Å². The molecule has 1 heterocycles. The van der Waals surface area contributed by atoms with Crippen LogP contribution >= 0.6 is 0 Å². The molecule has 1 fully saturated rings. The SMILES string of the molecule is Cc1ccc([N+](=O)[O-])c(NC2CCN(C(C)(C)C)C2=O)c1. The number of carbonyl (C=O) groups is 1. The average molecular weight is 291 g/mol. The number of aryl methyl sites for hydroxylation is 1. The number of nitro benzene ring substituents is 1. The van der Waals surface area contributed by atoms with Gasteiger partial charge < -0.3 is 10.2 Å². The van der Waals surface area contributed by atoms with E-state index < -0.39 is 11.0 Å². The molecule has 6 nitrogen and oxygen atoms in total. The average Bonchev–Trinajstić information content (AvgIpc) is 2.70. The summed E-state index contributed by atoms with van der Waals surface area (Å²) in [6.45, 7) is 8.50. The molecule has 1 aliphatic rings. The lowest BCUT2D eigenvalue weighted by Gasteiger charge is -2.32. The largest absolute Gasteiger partial charge is 0.368 e. The number of nitrogens with one attached hydrogen (secondary N) is 1. The fourth-order valence-corrected chi connectivity index (χ4v) is 2.59. The van der Waals surface area contributed by atoms with Crippen molar-refractivity contribution in [3.63, 3.8) is 0 Å². The maximum atomic E-state index is 12.4. The van der Waals surface area contributed by atoms with Crippen LogP contribution in [0.5, 0.6) is 0 Å². The first-order valence-corrected chi connectivity index (χ1v) is 7.03. The third-order valence-electron chi connectivity index (χ3n) is 3.69. The molecule has 114 valence electrons. The smallest absolute Gasteiger partial charge is 0.292 e. The van der Waals surface area contributed by atoms with Crippen molar-refractivity contribution in [3.8, 4) is 0 Å². The lowest BCUT2D eigenvalue weighted by molar-refractivity contribution is -0.384. The fraction of sp³-hybridized carbons (Fsp3) is 0.533. The number of benzene rings is 1. The zero-order valence-corrected chi connectivity index (χ0v) is 12.8. The Morgan fingerprint density at radius 1 is 1.38 bits per heavy atom. The Kier molecular flexibility index (Phi) is 3.89. The van der Waals surface area contributed by atoms with Gasteiger partial charge in [0.1, 0.15) is 11.7 Å². The van der Waals surface area contributed by atoms with Crippen LogP contribution in [0.3, 0.4) is 0 Å². The second-order valence-corrected chi connectivity index (χ2v) is 6.42. The Morgan fingerprint density at radius 3 is 2.57 bits per heavy atom. The molecule has 2 rings (SSSR count). The van der Waals surface area contributed by atoms with Crippen LogP contribution in [0.15, 0.2) is 18.2 Å². The molecule has 1 atom stereocenters. The molecule has 0 aromatic heterocycles. The molecule has 1 aliphatic heterocycles. The van der Waals surface area contributed by atoms with Crippen molar-refractivity contribution in [2.24, 2.45) is 0 Å². The monoisotopic (exact) mass is 291 g/mol. The summed E-state index contributed by atoms with van der Waals surface area (Å²) in [6.07, 6.45) is 0.654. The minimum atomic E-state index is -0.428. The first-order valence-electron chi connectivity index (χ1n) is 7.03. The summed E-state index contributed by atoms with van der Waals surface area (Å²) < 4.78 is 0. The van der Waals surface area contributed by atoms with E-state index >= 15 is 0 Å². The highest BCUT2D eigenvalue weighted by molar-refractivity contribution is 5.88. The van der Waals surface area contributed by atoms with Crippen LogP contribution in [-0.4, -0.2) is 33.9 Å². The molecule has 1 unspecified atom stereocenters. The van der Waals surface area contributed by atoms with Crippen LogP contribution in [0.2, 0.25) is 0 Å². The normalized spacial score (nSPS) is 19.0. The van der Waals surface area contributed by atoms with E-state index in [0.29, 0.717) is 18.7 Å². The van der Waals surface area contributed by atoms with Crippen molar-refractivity contribution in [2.45, 2.75) is 45.7 Å².